The Balaban J connectivity index is 1.28. The molecule has 0 amide bonds. The quantitative estimate of drug-likeness (QED) is 0.637. The summed E-state index contributed by atoms with van der Waals surface area (Å²) in [5, 5.41) is 9.01. The fourth-order valence-corrected chi connectivity index (χ4v) is 3.07. The van der Waals surface area contributed by atoms with Crippen LogP contribution in [0.4, 0.5) is 0 Å². The molecule has 28 heavy (non-hydrogen) atoms. The molecule has 1 aromatic heterocycles. The van der Waals surface area contributed by atoms with Crippen molar-refractivity contribution in [3.8, 4) is 23.2 Å². The van der Waals surface area contributed by atoms with Crippen molar-refractivity contribution in [1.29, 1.82) is 5.26 Å². The number of H-pyrrole nitrogens is 1. The highest BCUT2D eigenvalue weighted by atomic mass is 16.5. The Morgan fingerprint density at radius 2 is 1.93 bits per heavy atom. The van der Waals surface area contributed by atoms with Gasteiger partial charge in [0.25, 0.3) is 0 Å². The van der Waals surface area contributed by atoms with Gasteiger partial charge in [0.2, 0.25) is 0 Å². The molecule has 2 aromatic carbocycles. The predicted molar refractivity (Wildman–Crippen MR) is 105 cm³/mol. The zero-order valence-electron chi connectivity index (χ0n) is 15.6. The maximum Gasteiger partial charge on any atom is 0.138 e. The Morgan fingerprint density at radius 3 is 2.71 bits per heavy atom. The SMILES string of the molecule is N#Cc1ccc2nc(-c3ccc(OCCOCN4CCOCC4)cc3)[nH]c2c1. The van der Waals surface area contributed by atoms with Gasteiger partial charge in [0.15, 0.2) is 0 Å². The number of aromatic nitrogens is 2. The summed E-state index contributed by atoms with van der Waals surface area (Å²) in [6.45, 7) is 5.05. The maximum atomic E-state index is 9.01. The van der Waals surface area contributed by atoms with Gasteiger partial charge in [-0.3, -0.25) is 4.90 Å². The number of aromatic amines is 1. The lowest BCUT2D eigenvalue weighted by molar-refractivity contribution is -0.0377. The van der Waals surface area contributed by atoms with Crippen molar-refractivity contribution in [2.75, 3.05) is 46.2 Å². The van der Waals surface area contributed by atoms with Crippen LogP contribution in [0.1, 0.15) is 5.56 Å². The van der Waals surface area contributed by atoms with Crippen LogP contribution in [0.2, 0.25) is 0 Å². The van der Waals surface area contributed by atoms with E-state index in [0.717, 1.165) is 54.5 Å². The van der Waals surface area contributed by atoms with E-state index in [1.54, 1.807) is 12.1 Å². The third-order valence-corrected chi connectivity index (χ3v) is 4.61. The number of rotatable bonds is 7. The van der Waals surface area contributed by atoms with Gasteiger partial charge in [-0.15, -0.1) is 0 Å². The first kappa shape index (κ1) is 18.4. The van der Waals surface area contributed by atoms with Gasteiger partial charge >= 0.3 is 0 Å². The summed E-state index contributed by atoms with van der Waals surface area (Å²) in [7, 11) is 0. The lowest BCUT2D eigenvalue weighted by atomic mass is 10.2. The van der Waals surface area contributed by atoms with Crippen LogP contribution >= 0.6 is 0 Å². The van der Waals surface area contributed by atoms with Gasteiger partial charge in [-0.05, 0) is 42.5 Å². The second-order valence-electron chi connectivity index (χ2n) is 6.57. The number of benzene rings is 2. The zero-order chi connectivity index (χ0) is 19.2. The minimum absolute atomic E-state index is 0.505. The van der Waals surface area contributed by atoms with E-state index in [0.29, 0.717) is 25.5 Å². The number of nitrogens with one attached hydrogen (secondary N) is 1. The average Bonchev–Trinajstić information content (AvgIpc) is 3.18. The first-order valence-corrected chi connectivity index (χ1v) is 9.33. The van der Waals surface area contributed by atoms with E-state index < -0.39 is 0 Å². The molecule has 0 spiro atoms. The molecule has 1 N–H and O–H groups in total. The predicted octanol–water partition coefficient (Wildman–Crippen LogP) is 2.79. The molecular weight excluding hydrogens is 356 g/mol. The second kappa shape index (κ2) is 8.85. The molecule has 7 heteroatoms. The first-order valence-electron chi connectivity index (χ1n) is 9.33. The molecule has 1 aliphatic rings. The molecule has 4 rings (SSSR count). The van der Waals surface area contributed by atoms with Gasteiger partial charge in [0.05, 0.1) is 49.2 Å². The molecule has 3 aromatic rings. The Hall–Kier alpha value is -2.92. The van der Waals surface area contributed by atoms with Crippen molar-refractivity contribution in [3.63, 3.8) is 0 Å². The summed E-state index contributed by atoms with van der Waals surface area (Å²) in [5.41, 5.74) is 3.27. The molecule has 7 nitrogen and oxygen atoms in total. The third-order valence-electron chi connectivity index (χ3n) is 4.61. The number of ether oxygens (including phenoxy) is 3. The van der Waals surface area contributed by atoms with Gasteiger partial charge in [-0.1, -0.05) is 0 Å². The monoisotopic (exact) mass is 378 g/mol. The van der Waals surface area contributed by atoms with Crippen molar-refractivity contribution < 1.29 is 14.2 Å². The highest BCUT2D eigenvalue weighted by Gasteiger charge is 2.10. The molecule has 0 aliphatic carbocycles. The van der Waals surface area contributed by atoms with Crippen molar-refractivity contribution in [2.45, 2.75) is 0 Å². The Bertz CT molecular complexity index is 956. The number of nitriles is 1. The summed E-state index contributed by atoms with van der Waals surface area (Å²) in [6.07, 6.45) is 0. The molecule has 0 bridgehead atoms. The van der Waals surface area contributed by atoms with Crippen LogP contribution in [0.25, 0.3) is 22.4 Å². The molecule has 0 saturated carbocycles. The Kier molecular flexibility index (Phi) is 5.83. The van der Waals surface area contributed by atoms with Crippen LogP contribution < -0.4 is 4.74 Å². The van der Waals surface area contributed by atoms with Crippen molar-refractivity contribution in [2.24, 2.45) is 0 Å². The van der Waals surface area contributed by atoms with E-state index in [4.69, 9.17) is 19.5 Å². The van der Waals surface area contributed by atoms with E-state index >= 15 is 0 Å². The Morgan fingerprint density at radius 1 is 1.11 bits per heavy atom. The number of imidazole rings is 1. The van der Waals surface area contributed by atoms with Crippen molar-refractivity contribution in [1.82, 2.24) is 14.9 Å². The maximum absolute atomic E-state index is 9.01. The van der Waals surface area contributed by atoms with Gasteiger partial charge in [-0.2, -0.15) is 5.26 Å². The average molecular weight is 378 g/mol. The summed E-state index contributed by atoms with van der Waals surface area (Å²) >= 11 is 0. The topological polar surface area (TPSA) is 83.4 Å². The van der Waals surface area contributed by atoms with Crippen LogP contribution in [0.15, 0.2) is 42.5 Å². The first-order chi connectivity index (χ1) is 13.8. The summed E-state index contributed by atoms with van der Waals surface area (Å²) in [4.78, 5) is 10.1. The molecule has 1 fully saturated rings. The molecule has 0 atom stereocenters. The van der Waals surface area contributed by atoms with Crippen LogP contribution in [0.3, 0.4) is 0 Å². The lowest BCUT2D eigenvalue weighted by Crippen LogP contribution is -2.38. The van der Waals surface area contributed by atoms with Gasteiger partial charge in [0.1, 0.15) is 18.2 Å². The number of morpholine rings is 1. The number of hydrogen-bond acceptors (Lipinski definition) is 6. The molecule has 0 unspecified atom stereocenters. The van der Waals surface area contributed by atoms with Crippen LogP contribution in [0, 0.1) is 11.3 Å². The minimum Gasteiger partial charge on any atom is -0.491 e. The van der Waals surface area contributed by atoms with Crippen molar-refractivity contribution >= 4 is 11.0 Å². The van der Waals surface area contributed by atoms with Crippen LogP contribution in [-0.2, 0) is 9.47 Å². The molecule has 1 aliphatic heterocycles. The van der Waals surface area contributed by atoms with E-state index in [2.05, 4.69) is 20.9 Å². The molecule has 0 radical (unpaired) electrons. The smallest absolute Gasteiger partial charge is 0.138 e. The van der Waals surface area contributed by atoms with E-state index in [-0.39, 0.29) is 0 Å². The van der Waals surface area contributed by atoms with Crippen LogP contribution in [0.5, 0.6) is 5.75 Å². The fourth-order valence-electron chi connectivity index (χ4n) is 3.07. The second-order valence-corrected chi connectivity index (χ2v) is 6.57. The van der Waals surface area contributed by atoms with Crippen molar-refractivity contribution in [3.05, 3.63) is 48.0 Å². The molecular formula is C21H22N4O3. The zero-order valence-corrected chi connectivity index (χ0v) is 15.6. The van der Waals surface area contributed by atoms with Gasteiger partial charge < -0.3 is 19.2 Å². The fraction of sp³-hybridized carbons (Fsp3) is 0.333. The third kappa shape index (κ3) is 4.49. The van der Waals surface area contributed by atoms with Crippen LogP contribution in [-0.4, -0.2) is 61.1 Å². The highest BCUT2D eigenvalue weighted by molar-refractivity contribution is 5.80. The van der Waals surface area contributed by atoms with E-state index in [1.807, 2.05) is 30.3 Å². The summed E-state index contributed by atoms with van der Waals surface area (Å²) in [5.74, 6) is 1.56. The van der Waals surface area contributed by atoms with E-state index in [1.165, 1.54) is 0 Å². The Labute approximate surface area is 163 Å². The molecule has 1 saturated heterocycles. The van der Waals surface area contributed by atoms with E-state index in [9.17, 15) is 0 Å². The number of nitrogens with zero attached hydrogens (tertiary/aromatic N) is 3. The molecule has 2 heterocycles. The molecule has 144 valence electrons. The highest BCUT2D eigenvalue weighted by Crippen LogP contribution is 2.23. The lowest BCUT2D eigenvalue weighted by Gasteiger charge is -2.26. The van der Waals surface area contributed by atoms with Gasteiger partial charge in [-0.25, -0.2) is 4.98 Å². The minimum atomic E-state index is 0.505. The van der Waals surface area contributed by atoms with Gasteiger partial charge in [0, 0.05) is 18.7 Å². The standard InChI is InChI=1S/C21H22N4O3/c22-14-16-1-6-19-20(13-16)24-21(23-19)17-2-4-18(5-3-17)28-12-11-27-15-25-7-9-26-10-8-25/h1-6,13H,7-12,15H2,(H,23,24). The summed E-state index contributed by atoms with van der Waals surface area (Å²) in [6, 6.07) is 15.3. The normalized spacial score (nSPS) is 14.8. The largest absolute Gasteiger partial charge is 0.491 e. The number of fused-ring (bicyclic) bond motifs is 1. The summed E-state index contributed by atoms with van der Waals surface area (Å²) < 4.78 is 16.7. The number of hydrogen-bond donors (Lipinski definition) is 1.